The molecule has 0 spiro atoms. The van der Waals surface area contributed by atoms with Crippen molar-refractivity contribution in [3.05, 3.63) is 0 Å². The number of hydrogen-bond acceptors (Lipinski definition) is 2. The van der Waals surface area contributed by atoms with Crippen LogP contribution in [0.3, 0.4) is 0 Å². The minimum absolute atomic E-state index is 0.111. The highest BCUT2D eigenvalue weighted by atomic mass is 79.9. The number of rotatable bonds is 3. The number of morpholine rings is 1. The number of carbonyl (C=O) groups excluding carboxylic acids is 1. The Balaban J connectivity index is 2.47. The van der Waals surface area contributed by atoms with Gasteiger partial charge in [-0.3, -0.25) is 4.79 Å². The Morgan fingerprint density at radius 1 is 1.62 bits per heavy atom. The second kappa shape index (κ2) is 4.42. The van der Waals surface area contributed by atoms with Crippen LogP contribution < -0.4 is 0 Å². The minimum Gasteiger partial charge on any atom is -0.370 e. The van der Waals surface area contributed by atoms with E-state index in [9.17, 15) is 4.79 Å². The molecule has 4 heteroatoms. The standard InChI is InChI=1S/C9H16BrNO2/c1-9(2,6-10)7-11-3-4-13-5-8(11)12/h3-7H2,1-2H3. The fourth-order valence-electron chi connectivity index (χ4n) is 1.28. The number of carbonyl (C=O) groups is 1. The van der Waals surface area contributed by atoms with Crippen LogP contribution in [-0.2, 0) is 9.53 Å². The quantitative estimate of drug-likeness (QED) is 0.706. The first-order valence-corrected chi connectivity index (χ1v) is 5.59. The van der Waals surface area contributed by atoms with Gasteiger partial charge in [0.15, 0.2) is 0 Å². The van der Waals surface area contributed by atoms with Gasteiger partial charge in [-0.25, -0.2) is 0 Å². The molecule has 1 fully saturated rings. The van der Waals surface area contributed by atoms with Gasteiger partial charge in [0, 0.05) is 18.4 Å². The monoisotopic (exact) mass is 249 g/mol. The molecule has 1 rings (SSSR count). The molecule has 0 unspecified atom stereocenters. The largest absolute Gasteiger partial charge is 0.370 e. The van der Waals surface area contributed by atoms with Crippen LogP contribution >= 0.6 is 15.9 Å². The second-order valence-electron chi connectivity index (χ2n) is 4.17. The molecule has 1 saturated heterocycles. The van der Waals surface area contributed by atoms with Crippen LogP contribution in [0.1, 0.15) is 13.8 Å². The van der Waals surface area contributed by atoms with E-state index in [4.69, 9.17) is 4.74 Å². The molecule has 0 aromatic rings. The molecule has 3 nitrogen and oxygen atoms in total. The van der Waals surface area contributed by atoms with Crippen molar-refractivity contribution >= 4 is 21.8 Å². The molecule has 0 aromatic carbocycles. The van der Waals surface area contributed by atoms with Gasteiger partial charge in [0.05, 0.1) is 6.61 Å². The lowest BCUT2D eigenvalue weighted by Gasteiger charge is -2.33. The van der Waals surface area contributed by atoms with Gasteiger partial charge in [-0.1, -0.05) is 29.8 Å². The first-order chi connectivity index (χ1) is 6.05. The van der Waals surface area contributed by atoms with Crippen molar-refractivity contribution in [2.75, 3.05) is 31.6 Å². The highest BCUT2D eigenvalue weighted by Gasteiger charge is 2.25. The molecule has 0 atom stereocenters. The topological polar surface area (TPSA) is 29.5 Å². The summed E-state index contributed by atoms with van der Waals surface area (Å²) in [7, 11) is 0. The van der Waals surface area contributed by atoms with Crippen molar-refractivity contribution in [2.45, 2.75) is 13.8 Å². The first kappa shape index (κ1) is 11.0. The Labute approximate surface area is 87.6 Å². The highest BCUT2D eigenvalue weighted by molar-refractivity contribution is 9.09. The molecule has 1 aliphatic heterocycles. The van der Waals surface area contributed by atoms with E-state index in [1.54, 1.807) is 0 Å². The summed E-state index contributed by atoms with van der Waals surface area (Å²) in [5, 5.41) is 0.907. The van der Waals surface area contributed by atoms with Crippen LogP contribution in [0.25, 0.3) is 0 Å². The van der Waals surface area contributed by atoms with E-state index in [-0.39, 0.29) is 17.9 Å². The third kappa shape index (κ3) is 3.27. The molecule has 0 aromatic heterocycles. The number of ether oxygens (including phenoxy) is 1. The maximum atomic E-state index is 11.4. The van der Waals surface area contributed by atoms with E-state index in [2.05, 4.69) is 29.8 Å². The molecule has 1 amide bonds. The van der Waals surface area contributed by atoms with E-state index in [0.29, 0.717) is 6.61 Å². The normalized spacial score (nSPS) is 19.3. The lowest BCUT2D eigenvalue weighted by Crippen LogP contribution is -2.46. The second-order valence-corrected chi connectivity index (χ2v) is 4.73. The average molecular weight is 250 g/mol. The number of nitrogens with zero attached hydrogens (tertiary/aromatic N) is 1. The van der Waals surface area contributed by atoms with Gasteiger partial charge in [0.1, 0.15) is 6.61 Å². The Bertz CT molecular complexity index is 194. The molecule has 1 aliphatic rings. The molecule has 1 heterocycles. The third-order valence-corrected chi connectivity index (χ3v) is 3.58. The zero-order valence-electron chi connectivity index (χ0n) is 8.18. The van der Waals surface area contributed by atoms with Crippen molar-refractivity contribution in [3.63, 3.8) is 0 Å². The van der Waals surface area contributed by atoms with Crippen molar-refractivity contribution in [1.29, 1.82) is 0 Å². The van der Waals surface area contributed by atoms with Gasteiger partial charge in [0.25, 0.3) is 0 Å². The van der Waals surface area contributed by atoms with Crippen LogP contribution in [0.4, 0.5) is 0 Å². The maximum absolute atomic E-state index is 11.4. The van der Waals surface area contributed by atoms with Gasteiger partial charge in [-0.05, 0) is 5.41 Å². The minimum atomic E-state index is 0.111. The summed E-state index contributed by atoms with van der Waals surface area (Å²) in [6.45, 7) is 6.74. The molecule has 0 N–H and O–H groups in total. The lowest BCUT2D eigenvalue weighted by atomic mass is 9.96. The van der Waals surface area contributed by atoms with Crippen molar-refractivity contribution < 1.29 is 9.53 Å². The Hall–Kier alpha value is -0.0900. The summed E-state index contributed by atoms with van der Waals surface area (Å²) >= 11 is 3.45. The highest BCUT2D eigenvalue weighted by Crippen LogP contribution is 2.20. The van der Waals surface area contributed by atoms with E-state index in [1.165, 1.54) is 0 Å². The summed E-state index contributed by atoms with van der Waals surface area (Å²) in [6.07, 6.45) is 0. The van der Waals surface area contributed by atoms with Crippen LogP contribution in [0.15, 0.2) is 0 Å². The fourth-order valence-corrected chi connectivity index (χ4v) is 1.45. The smallest absolute Gasteiger partial charge is 0.248 e. The summed E-state index contributed by atoms with van der Waals surface area (Å²) in [5.74, 6) is 0.111. The number of amides is 1. The summed E-state index contributed by atoms with van der Waals surface area (Å²) in [6, 6.07) is 0. The van der Waals surface area contributed by atoms with Crippen LogP contribution in [-0.4, -0.2) is 42.4 Å². The Kier molecular flexibility index (Phi) is 3.74. The van der Waals surface area contributed by atoms with Crippen molar-refractivity contribution in [1.82, 2.24) is 4.90 Å². The van der Waals surface area contributed by atoms with Gasteiger partial charge >= 0.3 is 0 Å². The van der Waals surface area contributed by atoms with Gasteiger partial charge in [0.2, 0.25) is 5.91 Å². The third-order valence-electron chi connectivity index (χ3n) is 2.06. The van der Waals surface area contributed by atoms with Gasteiger partial charge in [-0.15, -0.1) is 0 Å². The first-order valence-electron chi connectivity index (χ1n) is 4.47. The molecule has 0 saturated carbocycles. The summed E-state index contributed by atoms with van der Waals surface area (Å²) in [4.78, 5) is 13.3. The van der Waals surface area contributed by atoms with Gasteiger partial charge < -0.3 is 9.64 Å². The van der Waals surface area contributed by atoms with Crippen LogP contribution in [0.5, 0.6) is 0 Å². The number of alkyl halides is 1. The summed E-state index contributed by atoms with van der Waals surface area (Å²) in [5.41, 5.74) is 0.146. The van der Waals surface area contributed by atoms with Crippen molar-refractivity contribution in [3.8, 4) is 0 Å². The molecular formula is C9H16BrNO2. The SMILES string of the molecule is CC(C)(CBr)CN1CCOCC1=O. The van der Waals surface area contributed by atoms with E-state index >= 15 is 0 Å². The molecule has 76 valence electrons. The zero-order chi connectivity index (χ0) is 9.90. The Morgan fingerprint density at radius 3 is 2.85 bits per heavy atom. The summed E-state index contributed by atoms with van der Waals surface area (Å²) < 4.78 is 5.06. The van der Waals surface area contributed by atoms with E-state index in [0.717, 1.165) is 18.4 Å². The molecule has 0 bridgehead atoms. The predicted octanol–water partition coefficient (Wildman–Crippen LogP) is 1.27. The maximum Gasteiger partial charge on any atom is 0.248 e. The number of hydrogen-bond donors (Lipinski definition) is 0. The van der Waals surface area contributed by atoms with Gasteiger partial charge in [-0.2, -0.15) is 0 Å². The molecular weight excluding hydrogens is 234 g/mol. The predicted molar refractivity (Wildman–Crippen MR) is 55.0 cm³/mol. The van der Waals surface area contributed by atoms with Crippen LogP contribution in [0.2, 0.25) is 0 Å². The Morgan fingerprint density at radius 2 is 2.31 bits per heavy atom. The fraction of sp³-hybridized carbons (Fsp3) is 0.889. The molecule has 13 heavy (non-hydrogen) atoms. The van der Waals surface area contributed by atoms with E-state index in [1.807, 2.05) is 4.90 Å². The molecule has 0 radical (unpaired) electrons. The molecule has 0 aliphatic carbocycles. The van der Waals surface area contributed by atoms with E-state index < -0.39 is 0 Å². The average Bonchev–Trinajstić information content (AvgIpc) is 2.09. The van der Waals surface area contributed by atoms with Crippen LogP contribution in [0, 0.1) is 5.41 Å². The lowest BCUT2D eigenvalue weighted by molar-refractivity contribution is -0.144. The van der Waals surface area contributed by atoms with Crippen molar-refractivity contribution in [2.24, 2.45) is 5.41 Å². The number of halogens is 1. The zero-order valence-corrected chi connectivity index (χ0v) is 9.76.